The van der Waals surface area contributed by atoms with Crippen molar-refractivity contribution in [2.24, 2.45) is 5.73 Å². The molecule has 3 rings (SSSR count). The number of aromatic nitrogens is 3. The maximum atomic E-state index is 5.71. The number of pyridine rings is 2. The van der Waals surface area contributed by atoms with Crippen LogP contribution in [-0.4, -0.2) is 21.5 Å². The molecular weight excluding hydrogens is 268 g/mol. The lowest BCUT2D eigenvalue weighted by Crippen LogP contribution is -2.02. The number of nitrogens with two attached hydrogens (primary N) is 1. The highest BCUT2D eigenvalue weighted by molar-refractivity contribution is 7.15. The second kappa shape index (κ2) is 5.90. The highest BCUT2D eigenvalue weighted by Gasteiger charge is 2.13. The molecule has 3 heterocycles. The molecule has 0 atom stereocenters. The van der Waals surface area contributed by atoms with Crippen LogP contribution in [-0.2, 0) is 6.42 Å². The molecule has 0 aliphatic carbocycles. The Morgan fingerprint density at radius 3 is 2.55 bits per heavy atom. The van der Waals surface area contributed by atoms with Crippen LogP contribution in [0.4, 0.5) is 0 Å². The third-order valence-electron chi connectivity index (χ3n) is 2.93. The summed E-state index contributed by atoms with van der Waals surface area (Å²) in [6, 6.07) is 7.89. The molecule has 0 aliphatic rings. The quantitative estimate of drug-likeness (QED) is 0.799. The van der Waals surface area contributed by atoms with Crippen LogP contribution in [0.15, 0.2) is 49.1 Å². The van der Waals surface area contributed by atoms with Crippen molar-refractivity contribution in [3.8, 4) is 21.8 Å². The van der Waals surface area contributed by atoms with Crippen LogP contribution < -0.4 is 5.73 Å². The molecule has 0 unspecified atom stereocenters. The van der Waals surface area contributed by atoms with E-state index in [1.54, 1.807) is 29.9 Å². The van der Waals surface area contributed by atoms with Gasteiger partial charge >= 0.3 is 0 Å². The summed E-state index contributed by atoms with van der Waals surface area (Å²) in [7, 11) is 0. The van der Waals surface area contributed by atoms with Gasteiger partial charge in [0.25, 0.3) is 0 Å². The van der Waals surface area contributed by atoms with Crippen molar-refractivity contribution in [2.45, 2.75) is 6.42 Å². The predicted molar refractivity (Wildman–Crippen MR) is 81.3 cm³/mol. The second-order valence-corrected chi connectivity index (χ2v) is 5.39. The SMILES string of the molecule is NCCc1sc(-c2ccncc2)nc1-c1cccnc1. The van der Waals surface area contributed by atoms with Gasteiger partial charge in [-0.05, 0) is 37.2 Å². The number of rotatable bonds is 4. The van der Waals surface area contributed by atoms with Crippen LogP contribution >= 0.6 is 11.3 Å². The Labute approximate surface area is 121 Å². The lowest BCUT2D eigenvalue weighted by molar-refractivity contribution is 0.986. The molecule has 5 heteroatoms. The zero-order valence-corrected chi connectivity index (χ0v) is 11.7. The molecule has 0 aliphatic heterocycles. The maximum Gasteiger partial charge on any atom is 0.124 e. The summed E-state index contributed by atoms with van der Waals surface area (Å²) in [6.07, 6.45) is 7.99. The fourth-order valence-electron chi connectivity index (χ4n) is 2.00. The Hall–Kier alpha value is -2.11. The van der Waals surface area contributed by atoms with E-state index in [2.05, 4.69) is 9.97 Å². The van der Waals surface area contributed by atoms with E-state index in [-0.39, 0.29) is 0 Å². The van der Waals surface area contributed by atoms with Crippen molar-refractivity contribution >= 4 is 11.3 Å². The molecule has 20 heavy (non-hydrogen) atoms. The molecule has 0 amide bonds. The first-order chi connectivity index (χ1) is 9.88. The van der Waals surface area contributed by atoms with E-state index in [4.69, 9.17) is 10.7 Å². The van der Waals surface area contributed by atoms with Gasteiger partial charge in [-0.15, -0.1) is 11.3 Å². The third kappa shape index (κ3) is 2.59. The molecule has 3 aromatic rings. The number of hydrogen-bond donors (Lipinski definition) is 1. The van der Waals surface area contributed by atoms with Crippen molar-refractivity contribution in [1.29, 1.82) is 0 Å². The van der Waals surface area contributed by atoms with Gasteiger partial charge in [0.05, 0.1) is 5.69 Å². The average molecular weight is 282 g/mol. The molecular formula is C15H14N4S. The van der Waals surface area contributed by atoms with Gasteiger partial charge in [-0.3, -0.25) is 9.97 Å². The van der Waals surface area contributed by atoms with Crippen LogP contribution in [0.1, 0.15) is 4.88 Å². The lowest BCUT2D eigenvalue weighted by Gasteiger charge is -1.99. The zero-order valence-electron chi connectivity index (χ0n) is 10.9. The second-order valence-electron chi connectivity index (χ2n) is 4.31. The molecule has 2 N–H and O–H groups in total. The molecule has 0 aromatic carbocycles. The number of thiazole rings is 1. The van der Waals surface area contributed by atoms with Crippen LogP contribution in [0.2, 0.25) is 0 Å². The standard InChI is InChI=1S/C15H14N4S/c16-6-3-13-14(12-2-1-7-18-10-12)19-15(20-13)11-4-8-17-9-5-11/h1-2,4-5,7-10H,3,6,16H2. The summed E-state index contributed by atoms with van der Waals surface area (Å²) >= 11 is 1.69. The fraction of sp³-hybridized carbons (Fsp3) is 0.133. The molecule has 0 bridgehead atoms. The summed E-state index contributed by atoms with van der Waals surface area (Å²) in [4.78, 5) is 14.2. The molecule has 0 radical (unpaired) electrons. The van der Waals surface area contributed by atoms with E-state index in [1.807, 2.05) is 30.5 Å². The van der Waals surface area contributed by atoms with E-state index in [9.17, 15) is 0 Å². The van der Waals surface area contributed by atoms with Crippen molar-refractivity contribution in [2.75, 3.05) is 6.54 Å². The van der Waals surface area contributed by atoms with Gasteiger partial charge in [0.1, 0.15) is 5.01 Å². The molecule has 100 valence electrons. The Balaban J connectivity index is 2.08. The van der Waals surface area contributed by atoms with Gasteiger partial charge in [0, 0.05) is 40.8 Å². The van der Waals surface area contributed by atoms with Gasteiger partial charge in [0.15, 0.2) is 0 Å². The first-order valence-corrected chi connectivity index (χ1v) is 7.20. The Morgan fingerprint density at radius 2 is 1.85 bits per heavy atom. The van der Waals surface area contributed by atoms with Crippen LogP contribution in [0.3, 0.4) is 0 Å². The van der Waals surface area contributed by atoms with E-state index >= 15 is 0 Å². The highest BCUT2D eigenvalue weighted by Crippen LogP contribution is 2.33. The normalized spacial score (nSPS) is 10.7. The first kappa shape index (κ1) is 12.9. The molecule has 0 spiro atoms. The van der Waals surface area contributed by atoms with Crippen LogP contribution in [0.25, 0.3) is 21.8 Å². The molecule has 3 aromatic heterocycles. The lowest BCUT2D eigenvalue weighted by atomic mass is 10.1. The Bertz CT molecular complexity index is 680. The van der Waals surface area contributed by atoms with Gasteiger partial charge in [-0.1, -0.05) is 0 Å². The maximum absolute atomic E-state index is 5.71. The number of nitrogens with zero attached hydrogens (tertiary/aromatic N) is 3. The summed E-state index contributed by atoms with van der Waals surface area (Å²) in [5.41, 5.74) is 8.81. The first-order valence-electron chi connectivity index (χ1n) is 6.39. The summed E-state index contributed by atoms with van der Waals surface area (Å²) in [5.74, 6) is 0. The smallest absolute Gasteiger partial charge is 0.124 e. The monoisotopic (exact) mass is 282 g/mol. The number of hydrogen-bond acceptors (Lipinski definition) is 5. The minimum absolute atomic E-state index is 0.616. The van der Waals surface area contributed by atoms with Crippen molar-refractivity contribution in [3.05, 3.63) is 53.9 Å². The highest BCUT2D eigenvalue weighted by atomic mass is 32.1. The minimum Gasteiger partial charge on any atom is -0.330 e. The fourth-order valence-corrected chi connectivity index (χ4v) is 3.10. The van der Waals surface area contributed by atoms with Gasteiger partial charge < -0.3 is 5.73 Å². The van der Waals surface area contributed by atoms with Crippen LogP contribution in [0.5, 0.6) is 0 Å². The summed E-state index contributed by atoms with van der Waals surface area (Å²) < 4.78 is 0. The van der Waals surface area contributed by atoms with E-state index < -0.39 is 0 Å². The molecule has 0 saturated carbocycles. The molecule has 4 nitrogen and oxygen atoms in total. The topological polar surface area (TPSA) is 64.7 Å². The largest absolute Gasteiger partial charge is 0.330 e. The predicted octanol–water partition coefficient (Wildman–Crippen LogP) is 2.77. The van der Waals surface area contributed by atoms with Gasteiger partial charge in [0.2, 0.25) is 0 Å². The van der Waals surface area contributed by atoms with E-state index in [0.29, 0.717) is 6.54 Å². The van der Waals surface area contributed by atoms with Gasteiger partial charge in [-0.25, -0.2) is 4.98 Å². The molecule has 0 saturated heterocycles. The Kier molecular flexibility index (Phi) is 3.80. The van der Waals surface area contributed by atoms with Gasteiger partial charge in [-0.2, -0.15) is 0 Å². The van der Waals surface area contributed by atoms with Crippen molar-refractivity contribution < 1.29 is 0 Å². The minimum atomic E-state index is 0.616. The Morgan fingerprint density at radius 1 is 1.00 bits per heavy atom. The molecule has 0 fully saturated rings. The zero-order chi connectivity index (χ0) is 13.8. The third-order valence-corrected chi connectivity index (χ3v) is 4.10. The van der Waals surface area contributed by atoms with Crippen molar-refractivity contribution in [1.82, 2.24) is 15.0 Å². The summed E-state index contributed by atoms with van der Waals surface area (Å²) in [5, 5.41) is 0.995. The van der Waals surface area contributed by atoms with Crippen LogP contribution in [0, 0.1) is 0 Å². The summed E-state index contributed by atoms with van der Waals surface area (Å²) in [6.45, 7) is 0.616. The van der Waals surface area contributed by atoms with Crippen molar-refractivity contribution in [3.63, 3.8) is 0 Å². The van der Waals surface area contributed by atoms with E-state index in [1.165, 1.54) is 4.88 Å². The average Bonchev–Trinajstić information content (AvgIpc) is 2.94. The van der Waals surface area contributed by atoms with E-state index in [0.717, 1.165) is 28.2 Å².